The van der Waals surface area contributed by atoms with Gasteiger partial charge in [0.25, 0.3) is 0 Å². The van der Waals surface area contributed by atoms with Gasteiger partial charge in [-0.1, -0.05) is 43.3 Å². The van der Waals surface area contributed by atoms with E-state index in [2.05, 4.69) is 59.7 Å². The molecule has 3 aromatic rings. The molecule has 0 saturated heterocycles. The van der Waals surface area contributed by atoms with Gasteiger partial charge in [-0.3, -0.25) is 10.3 Å². The number of pyridine rings is 1. The van der Waals surface area contributed by atoms with Gasteiger partial charge >= 0.3 is 0 Å². The van der Waals surface area contributed by atoms with Gasteiger partial charge in [-0.05, 0) is 42.2 Å². The lowest BCUT2D eigenvalue weighted by atomic mass is 10.0. The molecule has 2 heterocycles. The van der Waals surface area contributed by atoms with Crippen molar-refractivity contribution in [2.75, 3.05) is 0 Å². The van der Waals surface area contributed by atoms with Crippen molar-refractivity contribution in [3.63, 3.8) is 0 Å². The van der Waals surface area contributed by atoms with Gasteiger partial charge in [0.1, 0.15) is 11.5 Å². The molecule has 0 unspecified atom stereocenters. The molecule has 1 aromatic carbocycles. The van der Waals surface area contributed by atoms with E-state index in [1.54, 1.807) is 0 Å². The Kier molecular flexibility index (Phi) is 4.18. The molecule has 2 aromatic heterocycles. The van der Waals surface area contributed by atoms with E-state index in [1.165, 1.54) is 12.0 Å². The summed E-state index contributed by atoms with van der Waals surface area (Å²) in [5.41, 5.74) is 2.23. The van der Waals surface area contributed by atoms with E-state index in [9.17, 15) is 0 Å². The number of rotatable bonds is 6. The molecule has 3 nitrogen and oxygen atoms in total. The molecule has 1 aliphatic carbocycles. The molecule has 4 rings (SSSR count). The first-order valence-corrected chi connectivity index (χ1v) is 8.59. The lowest BCUT2D eigenvalue weighted by Crippen LogP contribution is -2.22. The third kappa shape index (κ3) is 3.26. The number of hydrogen-bond acceptors (Lipinski definition) is 3. The minimum absolute atomic E-state index is 0.0563. The van der Waals surface area contributed by atoms with Gasteiger partial charge in [0.2, 0.25) is 0 Å². The monoisotopic (exact) mass is 318 g/mol. The van der Waals surface area contributed by atoms with Crippen molar-refractivity contribution in [2.24, 2.45) is 5.92 Å². The fraction of sp³-hybridized carbons (Fsp3) is 0.286. The number of nitrogens with one attached hydrogen (secondary N) is 1. The number of nitrogens with zero attached hydrogens (tertiary/aromatic N) is 1. The second kappa shape index (κ2) is 6.62. The Balaban J connectivity index is 1.51. The molecule has 1 aliphatic rings. The maximum Gasteiger partial charge on any atom is 0.117 e. The van der Waals surface area contributed by atoms with Gasteiger partial charge in [0.15, 0.2) is 0 Å². The molecule has 3 heteroatoms. The van der Waals surface area contributed by atoms with E-state index >= 15 is 0 Å². The minimum atomic E-state index is 0.0563. The molecule has 1 saturated carbocycles. The predicted molar refractivity (Wildman–Crippen MR) is 94.6 cm³/mol. The van der Waals surface area contributed by atoms with Gasteiger partial charge < -0.3 is 4.42 Å². The highest BCUT2D eigenvalue weighted by Crippen LogP contribution is 2.47. The first-order chi connectivity index (χ1) is 11.8. The molecule has 1 fully saturated rings. The van der Waals surface area contributed by atoms with Crippen LogP contribution < -0.4 is 5.32 Å². The lowest BCUT2D eigenvalue weighted by molar-refractivity contribution is 0.433. The molecule has 122 valence electrons. The molecule has 0 radical (unpaired) electrons. The Morgan fingerprint density at radius 1 is 1.08 bits per heavy atom. The molecular weight excluding hydrogens is 296 g/mol. The van der Waals surface area contributed by atoms with Crippen LogP contribution in [0, 0.1) is 5.92 Å². The Bertz CT molecular complexity index is 742. The third-order valence-corrected chi connectivity index (χ3v) is 4.75. The summed E-state index contributed by atoms with van der Waals surface area (Å²) in [6.07, 6.45) is 3.09. The highest BCUT2D eigenvalue weighted by molar-refractivity contribution is 5.28. The van der Waals surface area contributed by atoms with Gasteiger partial charge in [0, 0.05) is 12.1 Å². The Morgan fingerprint density at radius 3 is 2.58 bits per heavy atom. The van der Waals surface area contributed by atoms with Crippen molar-refractivity contribution in [3.05, 3.63) is 89.6 Å². The molecule has 3 atom stereocenters. The first-order valence-electron chi connectivity index (χ1n) is 8.59. The molecule has 0 bridgehead atoms. The normalized spacial score (nSPS) is 20.7. The van der Waals surface area contributed by atoms with E-state index in [0.29, 0.717) is 12.5 Å². The van der Waals surface area contributed by atoms with Crippen LogP contribution in [0.25, 0.3) is 0 Å². The summed E-state index contributed by atoms with van der Waals surface area (Å²) in [4.78, 5) is 4.53. The van der Waals surface area contributed by atoms with Crippen LogP contribution in [0.4, 0.5) is 0 Å². The highest BCUT2D eigenvalue weighted by atomic mass is 16.3. The van der Waals surface area contributed by atoms with Gasteiger partial charge in [-0.25, -0.2) is 0 Å². The number of aromatic nitrogens is 1. The Labute approximate surface area is 142 Å². The maximum atomic E-state index is 6.02. The second-order valence-electron chi connectivity index (χ2n) is 6.60. The van der Waals surface area contributed by atoms with Gasteiger partial charge in [-0.2, -0.15) is 0 Å². The van der Waals surface area contributed by atoms with E-state index < -0.39 is 0 Å². The lowest BCUT2D eigenvalue weighted by Gasteiger charge is -2.18. The van der Waals surface area contributed by atoms with Crippen LogP contribution in [0.1, 0.15) is 48.1 Å². The van der Waals surface area contributed by atoms with Gasteiger partial charge in [-0.15, -0.1) is 0 Å². The fourth-order valence-corrected chi connectivity index (χ4v) is 3.20. The summed E-state index contributed by atoms with van der Waals surface area (Å²) in [6, 6.07) is 20.7. The van der Waals surface area contributed by atoms with Crippen molar-refractivity contribution in [3.8, 4) is 0 Å². The van der Waals surface area contributed by atoms with Crippen molar-refractivity contribution < 1.29 is 4.42 Å². The quantitative estimate of drug-likeness (QED) is 0.717. The summed E-state index contributed by atoms with van der Waals surface area (Å²) in [5.74, 6) is 3.51. The van der Waals surface area contributed by atoms with Gasteiger partial charge in [0.05, 0.1) is 18.3 Å². The molecule has 0 amide bonds. The average molecular weight is 318 g/mol. The highest BCUT2D eigenvalue weighted by Gasteiger charge is 2.36. The molecule has 24 heavy (non-hydrogen) atoms. The molecule has 1 N–H and O–H groups in total. The minimum Gasteiger partial charge on any atom is -0.464 e. The van der Waals surface area contributed by atoms with Crippen LogP contribution in [0.3, 0.4) is 0 Å². The first kappa shape index (κ1) is 15.2. The summed E-state index contributed by atoms with van der Waals surface area (Å²) < 4.78 is 6.02. The van der Waals surface area contributed by atoms with Crippen molar-refractivity contribution >= 4 is 0 Å². The topological polar surface area (TPSA) is 38.1 Å². The average Bonchev–Trinajstić information content (AvgIpc) is 3.18. The second-order valence-corrected chi connectivity index (χ2v) is 6.60. The summed E-state index contributed by atoms with van der Waals surface area (Å²) >= 11 is 0. The smallest absolute Gasteiger partial charge is 0.117 e. The summed E-state index contributed by atoms with van der Waals surface area (Å²) in [5, 5.41) is 3.60. The largest absolute Gasteiger partial charge is 0.464 e. The molecule has 0 spiro atoms. The van der Waals surface area contributed by atoms with Crippen LogP contribution >= 0.6 is 0 Å². The number of benzene rings is 1. The maximum absolute atomic E-state index is 6.02. The molecule has 0 aliphatic heterocycles. The van der Waals surface area contributed by atoms with E-state index in [-0.39, 0.29) is 6.04 Å². The SMILES string of the molecule is C[C@@H]1C[C@H]1c1ccc(CN[C@@H](c2ccccc2)c2ccccn2)o1. The van der Waals surface area contributed by atoms with E-state index in [4.69, 9.17) is 4.42 Å². The van der Waals surface area contributed by atoms with Crippen molar-refractivity contribution in [1.82, 2.24) is 10.3 Å². The van der Waals surface area contributed by atoms with Crippen LogP contribution in [-0.2, 0) is 6.54 Å². The molecular formula is C21H22N2O. The van der Waals surface area contributed by atoms with Crippen molar-refractivity contribution in [2.45, 2.75) is 31.8 Å². The van der Waals surface area contributed by atoms with E-state index in [0.717, 1.165) is 23.1 Å². The predicted octanol–water partition coefficient (Wildman–Crippen LogP) is 4.68. The number of furan rings is 1. The zero-order chi connectivity index (χ0) is 16.4. The zero-order valence-corrected chi connectivity index (χ0v) is 13.9. The van der Waals surface area contributed by atoms with Crippen LogP contribution in [0.2, 0.25) is 0 Å². The fourth-order valence-electron chi connectivity index (χ4n) is 3.20. The Morgan fingerprint density at radius 2 is 1.88 bits per heavy atom. The zero-order valence-electron chi connectivity index (χ0n) is 13.9. The van der Waals surface area contributed by atoms with Crippen LogP contribution in [-0.4, -0.2) is 4.98 Å². The summed E-state index contributed by atoms with van der Waals surface area (Å²) in [7, 11) is 0. The standard InChI is InChI=1S/C21H22N2O/c1-15-13-18(15)20-11-10-17(24-20)14-23-21(16-7-3-2-4-8-16)19-9-5-6-12-22-19/h2-12,15,18,21,23H,13-14H2,1H3/t15-,18-,21+/m1/s1. The summed E-state index contributed by atoms with van der Waals surface area (Å²) in [6.45, 7) is 2.97. The van der Waals surface area contributed by atoms with E-state index in [1.807, 2.05) is 24.4 Å². The Hall–Kier alpha value is -2.39. The van der Waals surface area contributed by atoms with Crippen LogP contribution in [0.15, 0.2) is 71.3 Å². The van der Waals surface area contributed by atoms with Crippen LogP contribution in [0.5, 0.6) is 0 Å². The number of hydrogen-bond donors (Lipinski definition) is 1. The van der Waals surface area contributed by atoms with Crippen molar-refractivity contribution in [1.29, 1.82) is 0 Å². The third-order valence-electron chi connectivity index (χ3n) is 4.75.